The maximum absolute atomic E-state index is 12.9. The molecule has 1 saturated heterocycles. The summed E-state index contributed by atoms with van der Waals surface area (Å²) in [6.45, 7) is 0.550. The molecule has 7 heteroatoms. The molecule has 0 radical (unpaired) electrons. The van der Waals surface area contributed by atoms with E-state index in [1.165, 1.54) is 6.07 Å². The fourth-order valence-electron chi connectivity index (χ4n) is 1.58. The molecule has 0 amide bonds. The molecule has 17 heavy (non-hydrogen) atoms. The minimum atomic E-state index is -4.50. The Labute approximate surface area is 109 Å². The molecule has 2 nitrogen and oxygen atoms in total. The Balaban J connectivity index is 2.54. The monoisotopic (exact) mass is 330 g/mol. The molecule has 94 valence electrons. The van der Waals surface area contributed by atoms with Gasteiger partial charge >= 0.3 is 6.18 Å². The molecule has 1 aliphatic rings. The van der Waals surface area contributed by atoms with Gasteiger partial charge in [0, 0.05) is 15.1 Å². The Morgan fingerprint density at radius 2 is 1.82 bits per heavy atom. The van der Waals surface area contributed by atoms with Crippen molar-refractivity contribution in [2.75, 3.05) is 13.2 Å². The predicted molar refractivity (Wildman–Crippen MR) is 58.8 cm³/mol. The van der Waals surface area contributed by atoms with Crippen LogP contribution in [0.4, 0.5) is 13.2 Å². The van der Waals surface area contributed by atoms with Gasteiger partial charge in [-0.15, -0.1) is 0 Å². The van der Waals surface area contributed by atoms with E-state index in [2.05, 4.69) is 15.9 Å². The van der Waals surface area contributed by atoms with Crippen molar-refractivity contribution in [3.63, 3.8) is 0 Å². The summed E-state index contributed by atoms with van der Waals surface area (Å²) in [6, 6.07) is 2.25. The summed E-state index contributed by atoms with van der Waals surface area (Å²) in [4.78, 5) is 0. The number of benzene rings is 1. The molecule has 0 spiro atoms. The van der Waals surface area contributed by atoms with Crippen LogP contribution in [0.25, 0.3) is 0 Å². The van der Waals surface area contributed by atoms with Crippen LogP contribution in [0.3, 0.4) is 0 Å². The summed E-state index contributed by atoms with van der Waals surface area (Å²) in [6.07, 6.45) is -5.50. The van der Waals surface area contributed by atoms with Crippen molar-refractivity contribution in [1.82, 2.24) is 0 Å². The average Bonchev–Trinajstić information content (AvgIpc) is 2.67. The zero-order valence-corrected chi connectivity index (χ0v) is 10.7. The highest BCUT2D eigenvalue weighted by molar-refractivity contribution is 9.10. The van der Waals surface area contributed by atoms with Crippen LogP contribution in [0.1, 0.15) is 17.4 Å². The first-order valence-corrected chi connectivity index (χ1v) is 5.86. The Morgan fingerprint density at radius 3 is 2.35 bits per heavy atom. The number of hydrogen-bond donors (Lipinski definition) is 0. The van der Waals surface area contributed by atoms with E-state index in [9.17, 15) is 13.2 Å². The molecule has 0 unspecified atom stereocenters. The number of ether oxygens (including phenoxy) is 2. The third-order valence-corrected chi connectivity index (χ3v) is 3.13. The summed E-state index contributed by atoms with van der Waals surface area (Å²) in [7, 11) is 0. The standard InChI is InChI=1S/C10H7BrClF3O2/c11-7-4-5(12)3-6(10(13,14)15)8(7)9-16-1-2-17-9/h3-4,9H,1-2H2. The molecular formula is C10H7BrClF3O2. The first kappa shape index (κ1) is 13.1. The quantitative estimate of drug-likeness (QED) is 0.769. The summed E-state index contributed by atoms with van der Waals surface area (Å²) in [5.74, 6) is 0. The van der Waals surface area contributed by atoms with Gasteiger partial charge < -0.3 is 9.47 Å². The highest BCUT2D eigenvalue weighted by Gasteiger charge is 2.38. The molecule has 1 aromatic carbocycles. The summed E-state index contributed by atoms with van der Waals surface area (Å²) < 4.78 is 49.0. The number of rotatable bonds is 1. The van der Waals surface area contributed by atoms with Gasteiger partial charge in [-0.3, -0.25) is 0 Å². The lowest BCUT2D eigenvalue weighted by molar-refractivity contribution is -0.142. The normalized spacial score (nSPS) is 17.7. The molecule has 0 saturated carbocycles. The van der Waals surface area contributed by atoms with E-state index >= 15 is 0 Å². The SMILES string of the molecule is FC(F)(F)c1cc(Cl)cc(Br)c1C1OCCO1. The lowest BCUT2D eigenvalue weighted by atomic mass is 10.1. The number of halogens is 5. The second-order valence-corrected chi connectivity index (χ2v) is 4.71. The average molecular weight is 332 g/mol. The van der Waals surface area contributed by atoms with Crippen LogP contribution in [0, 0.1) is 0 Å². The van der Waals surface area contributed by atoms with Gasteiger partial charge in [-0.2, -0.15) is 13.2 Å². The molecular weight excluding hydrogens is 324 g/mol. The van der Waals surface area contributed by atoms with Gasteiger partial charge in [0.15, 0.2) is 6.29 Å². The van der Waals surface area contributed by atoms with Gasteiger partial charge in [-0.25, -0.2) is 0 Å². The maximum Gasteiger partial charge on any atom is 0.416 e. The first-order chi connectivity index (χ1) is 7.89. The van der Waals surface area contributed by atoms with Crippen molar-refractivity contribution in [1.29, 1.82) is 0 Å². The van der Waals surface area contributed by atoms with Crippen molar-refractivity contribution < 1.29 is 22.6 Å². The van der Waals surface area contributed by atoms with E-state index in [1.807, 2.05) is 0 Å². The summed E-state index contributed by atoms with van der Waals surface area (Å²) in [5, 5.41) is 0.00551. The smallest absolute Gasteiger partial charge is 0.346 e. The van der Waals surface area contributed by atoms with Crippen LogP contribution < -0.4 is 0 Å². The van der Waals surface area contributed by atoms with Gasteiger partial charge in [0.05, 0.1) is 18.8 Å². The third kappa shape index (κ3) is 2.76. The van der Waals surface area contributed by atoms with Crippen molar-refractivity contribution in [2.24, 2.45) is 0 Å². The highest BCUT2D eigenvalue weighted by Crippen LogP contribution is 2.42. The second kappa shape index (κ2) is 4.76. The van der Waals surface area contributed by atoms with Gasteiger partial charge in [0.1, 0.15) is 0 Å². The van der Waals surface area contributed by atoms with E-state index < -0.39 is 18.0 Å². The fourth-order valence-corrected chi connectivity index (χ4v) is 2.58. The third-order valence-electron chi connectivity index (χ3n) is 2.26. The Bertz CT molecular complexity index is 430. The molecule has 0 atom stereocenters. The lowest BCUT2D eigenvalue weighted by Gasteiger charge is -2.18. The zero-order chi connectivity index (χ0) is 12.6. The topological polar surface area (TPSA) is 18.5 Å². The molecule has 0 N–H and O–H groups in total. The zero-order valence-electron chi connectivity index (χ0n) is 8.35. The van der Waals surface area contributed by atoms with Crippen LogP contribution in [-0.2, 0) is 15.7 Å². The van der Waals surface area contributed by atoms with Crippen molar-refractivity contribution in [2.45, 2.75) is 12.5 Å². The van der Waals surface area contributed by atoms with Gasteiger partial charge in [-0.05, 0) is 12.1 Å². The maximum atomic E-state index is 12.9. The van der Waals surface area contributed by atoms with Crippen LogP contribution in [0.15, 0.2) is 16.6 Å². The molecule has 2 rings (SSSR count). The van der Waals surface area contributed by atoms with Gasteiger partial charge in [0.2, 0.25) is 0 Å². The first-order valence-electron chi connectivity index (χ1n) is 4.69. The van der Waals surface area contributed by atoms with Gasteiger partial charge in [-0.1, -0.05) is 27.5 Å². The molecule has 1 fully saturated rings. The Hall–Kier alpha value is -0.300. The van der Waals surface area contributed by atoms with E-state index in [1.54, 1.807) is 0 Å². The molecule has 0 bridgehead atoms. The largest absolute Gasteiger partial charge is 0.416 e. The molecule has 1 heterocycles. The van der Waals surface area contributed by atoms with E-state index in [0.717, 1.165) is 6.07 Å². The highest BCUT2D eigenvalue weighted by atomic mass is 79.9. The molecule has 1 aliphatic heterocycles. The minimum Gasteiger partial charge on any atom is -0.346 e. The molecule has 1 aromatic rings. The van der Waals surface area contributed by atoms with Crippen molar-refractivity contribution >= 4 is 27.5 Å². The van der Waals surface area contributed by atoms with Crippen molar-refractivity contribution in [3.8, 4) is 0 Å². The predicted octanol–water partition coefficient (Wildman–Crippen LogP) is 4.17. The minimum absolute atomic E-state index is 0.00551. The Morgan fingerprint density at radius 1 is 1.24 bits per heavy atom. The number of hydrogen-bond acceptors (Lipinski definition) is 2. The van der Waals surface area contributed by atoms with E-state index in [-0.39, 0.29) is 28.3 Å². The second-order valence-electron chi connectivity index (χ2n) is 3.42. The van der Waals surface area contributed by atoms with Crippen molar-refractivity contribution in [3.05, 3.63) is 32.8 Å². The fraction of sp³-hybridized carbons (Fsp3) is 0.400. The molecule has 0 aromatic heterocycles. The van der Waals surface area contributed by atoms with Gasteiger partial charge in [0.25, 0.3) is 0 Å². The van der Waals surface area contributed by atoms with Crippen LogP contribution >= 0.6 is 27.5 Å². The van der Waals surface area contributed by atoms with Crippen LogP contribution in [0.5, 0.6) is 0 Å². The van der Waals surface area contributed by atoms with E-state index in [4.69, 9.17) is 21.1 Å². The van der Waals surface area contributed by atoms with Crippen LogP contribution in [0.2, 0.25) is 5.02 Å². The molecule has 0 aliphatic carbocycles. The lowest BCUT2D eigenvalue weighted by Crippen LogP contribution is -2.13. The Kier molecular flexibility index (Phi) is 3.68. The number of alkyl halides is 3. The van der Waals surface area contributed by atoms with Crippen LogP contribution in [-0.4, -0.2) is 13.2 Å². The van der Waals surface area contributed by atoms with E-state index in [0.29, 0.717) is 0 Å². The summed E-state index contributed by atoms with van der Waals surface area (Å²) >= 11 is 8.68. The summed E-state index contributed by atoms with van der Waals surface area (Å²) in [5.41, 5.74) is -0.914.